The molecule has 11 nitrogen and oxygen atoms in total. The summed E-state index contributed by atoms with van der Waals surface area (Å²) < 4.78 is 85.2. The molecule has 1 amide bonds. The third-order valence-electron chi connectivity index (χ3n) is 4.86. The van der Waals surface area contributed by atoms with Crippen LogP contribution in [0, 0.1) is 5.92 Å². The standard InChI is InChI=1S/C24H29F3N2O9S/c1-3-35-12-13-36-11-10-19(23(31)32)22(30)28-16-8-9-21(20(15-16)37-4-2)39(33,34)29-17-6-5-7-18(14-17)38-24(25,26)27/h5-9,14-15,19,29H,3-4,10-13H2,1-2H3,(H,28,30)(H,31,32). The number of rotatable bonds is 16. The fraction of sp³-hybridized carbons (Fsp3) is 0.417. The minimum absolute atomic E-state index is 0.000279. The summed E-state index contributed by atoms with van der Waals surface area (Å²) in [7, 11) is -4.37. The van der Waals surface area contributed by atoms with Gasteiger partial charge in [0, 0.05) is 31.0 Å². The molecule has 0 aliphatic heterocycles. The van der Waals surface area contributed by atoms with Crippen LogP contribution in [0.1, 0.15) is 20.3 Å². The van der Waals surface area contributed by atoms with Gasteiger partial charge in [-0.2, -0.15) is 0 Å². The maximum atomic E-state index is 13.0. The summed E-state index contributed by atoms with van der Waals surface area (Å²) in [6, 6.07) is 7.77. The molecule has 0 heterocycles. The second kappa shape index (κ2) is 14.6. The molecule has 1 unspecified atom stereocenters. The van der Waals surface area contributed by atoms with Crippen LogP contribution < -0.4 is 19.5 Å². The Morgan fingerprint density at radius 2 is 1.69 bits per heavy atom. The Morgan fingerprint density at radius 3 is 2.33 bits per heavy atom. The van der Waals surface area contributed by atoms with Crippen molar-refractivity contribution in [3.63, 3.8) is 0 Å². The lowest BCUT2D eigenvalue weighted by Gasteiger charge is -2.16. The van der Waals surface area contributed by atoms with Gasteiger partial charge in [0.2, 0.25) is 5.91 Å². The number of carboxylic acid groups (broad SMARTS) is 1. The molecule has 0 fully saturated rings. The Morgan fingerprint density at radius 1 is 0.974 bits per heavy atom. The smallest absolute Gasteiger partial charge is 0.492 e. The lowest BCUT2D eigenvalue weighted by molar-refractivity contribution is -0.274. The quantitative estimate of drug-likeness (QED) is 0.199. The van der Waals surface area contributed by atoms with Gasteiger partial charge in [0.05, 0.1) is 25.5 Å². The van der Waals surface area contributed by atoms with Gasteiger partial charge in [-0.15, -0.1) is 13.2 Å². The van der Waals surface area contributed by atoms with Gasteiger partial charge >= 0.3 is 12.3 Å². The summed E-state index contributed by atoms with van der Waals surface area (Å²) in [5.74, 6) is -4.47. The number of nitrogens with one attached hydrogen (secondary N) is 2. The van der Waals surface area contributed by atoms with Crippen molar-refractivity contribution in [2.75, 3.05) is 43.1 Å². The Hall–Kier alpha value is -3.56. The van der Waals surface area contributed by atoms with Crippen molar-refractivity contribution in [2.24, 2.45) is 5.92 Å². The van der Waals surface area contributed by atoms with E-state index in [2.05, 4.69) is 14.8 Å². The molecule has 0 saturated heterocycles. The van der Waals surface area contributed by atoms with Gasteiger partial charge in [0.25, 0.3) is 10.0 Å². The normalized spacial score (nSPS) is 12.4. The summed E-state index contributed by atoms with van der Waals surface area (Å²) in [6.45, 7) is 4.51. The van der Waals surface area contributed by atoms with Crippen molar-refractivity contribution < 1.29 is 55.2 Å². The van der Waals surface area contributed by atoms with Crippen molar-refractivity contribution >= 4 is 33.3 Å². The highest BCUT2D eigenvalue weighted by Crippen LogP contribution is 2.31. The summed E-state index contributed by atoms with van der Waals surface area (Å²) in [4.78, 5) is 23.8. The second-order valence-electron chi connectivity index (χ2n) is 7.75. The number of hydrogen-bond acceptors (Lipinski definition) is 8. The molecule has 15 heteroatoms. The van der Waals surface area contributed by atoms with Gasteiger partial charge in [-0.1, -0.05) is 6.07 Å². The molecule has 0 spiro atoms. The first-order valence-electron chi connectivity index (χ1n) is 11.7. The Kier molecular flexibility index (Phi) is 11.8. The van der Waals surface area contributed by atoms with Crippen LogP contribution in [-0.2, 0) is 29.1 Å². The summed E-state index contributed by atoms with van der Waals surface area (Å²) >= 11 is 0. The predicted octanol–water partition coefficient (Wildman–Crippen LogP) is 3.87. The molecule has 2 rings (SSSR count). The molecule has 1 atom stereocenters. The van der Waals surface area contributed by atoms with Crippen LogP contribution in [0.15, 0.2) is 47.4 Å². The van der Waals surface area contributed by atoms with Crippen molar-refractivity contribution in [3.8, 4) is 11.5 Å². The Labute approximate surface area is 223 Å². The molecule has 0 saturated carbocycles. The molecule has 39 heavy (non-hydrogen) atoms. The van der Waals surface area contributed by atoms with Crippen LogP contribution in [-0.4, -0.2) is 64.8 Å². The number of anilines is 2. The van der Waals surface area contributed by atoms with Crippen molar-refractivity contribution in [2.45, 2.75) is 31.5 Å². The van der Waals surface area contributed by atoms with E-state index in [1.54, 1.807) is 6.92 Å². The number of halogens is 3. The number of ether oxygens (including phenoxy) is 4. The monoisotopic (exact) mass is 578 g/mol. The first-order chi connectivity index (χ1) is 18.4. The maximum Gasteiger partial charge on any atom is 0.573 e. The zero-order valence-corrected chi connectivity index (χ0v) is 21.9. The number of carbonyl (C=O) groups is 2. The number of carboxylic acids is 1. The molecule has 2 aromatic carbocycles. The van der Waals surface area contributed by atoms with Gasteiger partial charge in [-0.05, 0) is 44.5 Å². The molecule has 216 valence electrons. The molecule has 0 bridgehead atoms. The van der Waals surface area contributed by atoms with Crippen molar-refractivity contribution in [1.29, 1.82) is 0 Å². The van der Waals surface area contributed by atoms with Gasteiger partial charge < -0.3 is 29.4 Å². The fourth-order valence-corrected chi connectivity index (χ4v) is 4.38. The zero-order chi connectivity index (χ0) is 29.1. The molecular formula is C24H29F3N2O9S. The number of hydrogen-bond donors (Lipinski definition) is 3. The van der Waals surface area contributed by atoms with Gasteiger partial charge in [0.1, 0.15) is 22.3 Å². The van der Waals surface area contributed by atoms with Crippen LogP contribution in [0.5, 0.6) is 11.5 Å². The molecule has 0 aromatic heterocycles. The number of sulfonamides is 1. The summed E-state index contributed by atoms with van der Waals surface area (Å²) in [5, 5.41) is 11.9. The van der Waals surface area contributed by atoms with Crippen LogP contribution in [0.3, 0.4) is 0 Å². The van der Waals surface area contributed by atoms with E-state index in [9.17, 15) is 36.3 Å². The number of amides is 1. The van der Waals surface area contributed by atoms with Crippen LogP contribution >= 0.6 is 0 Å². The molecule has 2 aromatic rings. The van der Waals surface area contributed by atoms with Crippen LogP contribution in [0.2, 0.25) is 0 Å². The van der Waals surface area contributed by atoms with E-state index in [-0.39, 0.29) is 48.3 Å². The number of benzene rings is 2. The highest BCUT2D eigenvalue weighted by atomic mass is 32.2. The minimum Gasteiger partial charge on any atom is -0.492 e. The van der Waals surface area contributed by atoms with Gasteiger partial charge in [0.15, 0.2) is 0 Å². The Bertz CT molecular complexity index is 1220. The van der Waals surface area contributed by atoms with E-state index < -0.39 is 39.9 Å². The first-order valence-corrected chi connectivity index (χ1v) is 13.2. The molecule has 0 aliphatic carbocycles. The number of carbonyl (C=O) groups excluding carboxylic acids is 1. The van der Waals surface area contributed by atoms with E-state index in [0.29, 0.717) is 13.2 Å². The van der Waals surface area contributed by atoms with Crippen LogP contribution in [0.25, 0.3) is 0 Å². The van der Waals surface area contributed by atoms with E-state index >= 15 is 0 Å². The number of aliphatic carboxylic acids is 1. The maximum absolute atomic E-state index is 13.0. The highest BCUT2D eigenvalue weighted by Gasteiger charge is 2.31. The van der Waals surface area contributed by atoms with Gasteiger partial charge in [-0.3, -0.25) is 14.3 Å². The second-order valence-corrected chi connectivity index (χ2v) is 9.40. The van der Waals surface area contributed by atoms with Crippen LogP contribution in [0.4, 0.5) is 24.5 Å². The van der Waals surface area contributed by atoms with E-state index in [1.165, 1.54) is 24.3 Å². The van der Waals surface area contributed by atoms with E-state index in [4.69, 9.17) is 14.2 Å². The first kappa shape index (κ1) is 31.7. The van der Waals surface area contributed by atoms with Crippen molar-refractivity contribution in [3.05, 3.63) is 42.5 Å². The summed E-state index contributed by atoms with van der Waals surface area (Å²) in [5.41, 5.74) is -0.143. The largest absolute Gasteiger partial charge is 0.573 e. The van der Waals surface area contributed by atoms with E-state index in [0.717, 1.165) is 18.2 Å². The number of alkyl halides is 3. The Balaban J connectivity index is 2.17. The third kappa shape index (κ3) is 10.6. The third-order valence-corrected chi connectivity index (χ3v) is 6.28. The SMILES string of the molecule is CCOCCOCCC(C(=O)O)C(=O)Nc1ccc(S(=O)(=O)Nc2cccc(OC(F)(F)F)c2)c(OCC)c1. The lowest BCUT2D eigenvalue weighted by atomic mass is 10.1. The lowest BCUT2D eigenvalue weighted by Crippen LogP contribution is -2.30. The topological polar surface area (TPSA) is 149 Å². The average Bonchev–Trinajstić information content (AvgIpc) is 2.82. The predicted molar refractivity (Wildman–Crippen MR) is 133 cm³/mol. The summed E-state index contributed by atoms with van der Waals surface area (Å²) in [6.07, 6.45) is -5.07. The molecule has 0 radical (unpaired) electrons. The molecular weight excluding hydrogens is 549 g/mol. The minimum atomic E-state index is -4.96. The molecule has 3 N–H and O–H groups in total. The fourth-order valence-electron chi connectivity index (χ4n) is 3.20. The zero-order valence-electron chi connectivity index (χ0n) is 21.1. The van der Waals surface area contributed by atoms with Gasteiger partial charge in [-0.25, -0.2) is 8.42 Å². The highest BCUT2D eigenvalue weighted by molar-refractivity contribution is 7.92. The molecule has 0 aliphatic rings. The van der Waals surface area contributed by atoms with Crippen molar-refractivity contribution in [1.82, 2.24) is 0 Å². The average molecular weight is 579 g/mol. The van der Waals surface area contributed by atoms with E-state index in [1.807, 2.05) is 6.92 Å².